The highest BCUT2D eigenvalue weighted by Gasteiger charge is 2.25. The highest BCUT2D eigenvalue weighted by molar-refractivity contribution is 7.14. The van der Waals surface area contributed by atoms with Gasteiger partial charge in [0, 0.05) is 48.4 Å². The van der Waals surface area contributed by atoms with Gasteiger partial charge in [0.1, 0.15) is 0 Å². The van der Waals surface area contributed by atoms with E-state index < -0.39 is 0 Å². The second-order valence-electron chi connectivity index (χ2n) is 7.01. The first-order chi connectivity index (χ1) is 12.8. The van der Waals surface area contributed by atoms with Crippen LogP contribution in [-0.2, 0) is 4.79 Å². The lowest BCUT2D eigenvalue weighted by atomic mass is 9.93. The largest absolute Gasteiger partial charge is 0.353 e. The fourth-order valence-corrected chi connectivity index (χ4v) is 4.51. The van der Waals surface area contributed by atoms with E-state index in [1.807, 2.05) is 18.3 Å². The number of hydrogen-bond donors (Lipinski definition) is 1. The van der Waals surface area contributed by atoms with Gasteiger partial charge in [-0.1, -0.05) is 12.2 Å². The minimum atomic E-state index is 0.166. The molecule has 1 aliphatic carbocycles. The monoisotopic (exact) mass is 368 g/mol. The number of thiazole rings is 1. The number of anilines is 1. The van der Waals surface area contributed by atoms with Gasteiger partial charge < -0.3 is 10.2 Å². The Hall–Kier alpha value is -2.21. The summed E-state index contributed by atoms with van der Waals surface area (Å²) in [6, 6.07) is 4.26. The average Bonchev–Trinajstić information content (AvgIpc) is 3.20. The Kier molecular flexibility index (Phi) is 5.29. The second kappa shape index (κ2) is 7.99. The molecule has 2 aromatic rings. The van der Waals surface area contributed by atoms with Crippen molar-refractivity contribution in [2.45, 2.75) is 38.1 Å². The van der Waals surface area contributed by atoms with Crippen molar-refractivity contribution in [2.24, 2.45) is 5.92 Å². The van der Waals surface area contributed by atoms with E-state index in [0.29, 0.717) is 6.04 Å². The first-order valence-electron chi connectivity index (χ1n) is 9.36. The number of hydrogen-bond acceptors (Lipinski definition) is 5. The fourth-order valence-electron chi connectivity index (χ4n) is 3.62. The molecule has 1 fully saturated rings. The van der Waals surface area contributed by atoms with Crippen LogP contribution in [0.3, 0.4) is 0 Å². The maximum atomic E-state index is 12.4. The predicted molar refractivity (Wildman–Crippen MR) is 105 cm³/mol. The molecule has 1 N–H and O–H groups in total. The molecule has 1 saturated heterocycles. The molecule has 1 aliphatic heterocycles. The van der Waals surface area contributed by atoms with Gasteiger partial charge in [-0.15, -0.1) is 11.3 Å². The number of amides is 1. The molecule has 1 atom stereocenters. The van der Waals surface area contributed by atoms with Gasteiger partial charge in [0.05, 0.1) is 5.69 Å². The van der Waals surface area contributed by atoms with Crippen molar-refractivity contribution in [3.8, 4) is 11.3 Å². The van der Waals surface area contributed by atoms with E-state index in [-0.39, 0.29) is 11.8 Å². The summed E-state index contributed by atoms with van der Waals surface area (Å²) in [5.74, 6) is 0.403. The van der Waals surface area contributed by atoms with Crippen molar-refractivity contribution < 1.29 is 4.79 Å². The maximum Gasteiger partial charge on any atom is 0.223 e. The molecule has 0 radical (unpaired) electrons. The zero-order valence-electron chi connectivity index (χ0n) is 14.8. The van der Waals surface area contributed by atoms with Crippen LogP contribution in [0.4, 0.5) is 5.13 Å². The molecule has 0 saturated carbocycles. The van der Waals surface area contributed by atoms with Gasteiger partial charge >= 0.3 is 0 Å². The van der Waals surface area contributed by atoms with E-state index in [1.54, 1.807) is 17.5 Å². The molecule has 4 rings (SSSR count). The third kappa shape index (κ3) is 3.96. The van der Waals surface area contributed by atoms with Crippen molar-refractivity contribution >= 4 is 22.4 Å². The Morgan fingerprint density at radius 3 is 2.85 bits per heavy atom. The lowest BCUT2D eigenvalue weighted by Gasteiger charge is -2.33. The minimum Gasteiger partial charge on any atom is -0.353 e. The summed E-state index contributed by atoms with van der Waals surface area (Å²) in [5, 5.41) is 6.42. The van der Waals surface area contributed by atoms with Gasteiger partial charge in [0.25, 0.3) is 0 Å². The van der Waals surface area contributed by atoms with E-state index >= 15 is 0 Å². The zero-order valence-corrected chi connectivity index (χ0v) is 15.6. The van der Waals surface area contributed by atoms with Crippen LogP contribution in [0.1, 0.15) is 32.1 Å². The molecule has 5 nitrogen and oxygen atoms in total. The second-order valence-corrected chi connectivity index (χ2v) is 7.84. The Morgan fingerprint density at radius 2 is 2.12 bits per heavy atom. The zero-order chi connectivity index (χ0) is 17.8. The summed E-state index contributed by atoms with van der Waals surface area (Å²) in [4.78, 5) is 23.7. The molecule has 0 unspecified atom stereocenters. The van der Waals surface area contributed by atoms with Crippen molar-refractivity contribution in [1.29, 1.82) is 0 Å². The van der Waals surface area contributed by atoms with Gasteiger partial charge in [-0.25, -0.2) is 4.98 Å². The summed E-state index contributed by atoms with van der Waals surface area (Å²) < 4.78 is 0. The van der Waals surface area contributed by atoms with Crippen molar-refractivity contribution in [3.63, 3.8) is 0 Å². The number of carbonyl (C=O) groups excluding carboxylic acids is 1. The van der Waals surface area contributed by atoms with Crippen molar-refractivity contribution in [1.82, 2.24) is 15.3 Å². The lowest BCUT2D eigenvalue weighted by Crippen LogP contribution is -2.46. The van der Waals surface area contributed by atoms with Crippen LogP contribution in [0.15, 0.2) is 42.1 Å². The fraction of sp³-hybridized carbons (Fsp3) is 0.450. The lowest BCUT2D eigenvalue weighted by molar-refractivity contribution is -0.126. The van der Waals surface area contributed by atoms with Gasteiger partial charge in [-0.05, 0) is 44.2 Å². The van der Waals surface area contributed by atoms with Crippen LogP contribution >= 0.6 is 11.3 Å². The van der Waals surface area contributed by atoms with Crippen LogP contribution in [0, 0.1) is 5.92 Å². The van der Waals surface area contributed by atoms with Crippen LogP contribution in [0.2, 0.25) is 0 Å². The molecule has 1 amide bonds. The SMILES string of the molecule is O=C(NC1CCN(c2nc(-c3cccnc3)cs2)CC1)[C@@H]1CC=CCC1. The number of pyridine rings is 1. The van der Waals surface area contributed by atoms with Crippen molar-refractivity contribution in [2.75, 3.05) is 18.0 Å². The summed E-state index contributed by atoms with van der Waals surface area (Å²) in [5.41, 5.74) is 2.04. The minimum absolute atomic E-state index is 0.166. The summed E-state index contributed by atoms with van der Waals surface area (Å²) in [7, 11) is 0. The normalized spacial score (nSPS) is 20.9. The number of nitrogens with zero attached hydrogens (tertiary/aromatic N) is 3. The first-order valence-corrected chi connectivity index (χ1v) is 10.2. The molecule has 2 aromatic heterocycles. The molecule has 2 aliphatic rings. The number of nitrogens with one attached hydrogen (secondary N) is 1. The molecular formula is C20H24N4OS. The van der Waals surface area contributed by atoms with E-state index in [9.17, 15) is 4.79 Å². The van der Waals surface area contributed by atoms with Crippen LogP contribution in [0.25, 0.3) is 11.3 Å². The molecule has 3 heterocycles. The third-order valence-corrected chi connectivity index (χ3v) is 6.10. The molecule has 0 aromatic carbocycles. The van der Waals surface area contributed by atoms with Crippen LogP contribution in [0.5, 0.6) is 0 Å². The van der Waals surface area contributed by atoms with Gasteiger partial charge in [0.15, 0.2) is 5.13 Å². The number of carbonyl (C=O) groups is 1. The quantitative estimate of drug-likeness (QED) is 0.837. The van der Waals surface area contributed by atoms with E-state index in [2.05, 4.69) is 32.7 Å². The van der Waals surface area contributed by atoms with Crippen molar-refractivity contribution in [3.05, 3.63) is 42.1 Å². The smallest absolute Gasteiger partial charge is 0.223 e. The Morgan fingerprint density at radius 1 is 1.23 bits per heavy atom. The maximum absolute atomic E-state index is 12.4. The van der Waals surface area contributed by atoms with Gasteiger partial charge in [-0.3, -0.25) is 9.78 Å². The number of rotatable bonds is 4. The summed E-state index contributed by atoms with van der Waals surface area (Å²) >= 11 is 1.68. The molecule has 0 bridgehead atoms. The molecule has 26 heavy (non-hydrogen) atoms. The number of allylic oxidation sites excluding steroid dienone is 2. The Bertz CT molecular complexity index is 765. The third-order valence-electron chi connectivity index (χ3n) is 5.20. The highest BCUT2D eigenvalue weighted by atomic mass is 32.1. The summed E-state index contributed by atoms with van der Waals surface area (Å²) in [6.07, 6.45) is 12.8. The van der Waals surface area contributed by atoms with Gasteiger partial charge in [-0.2, -0.15) is 0 Å². The topological polar surface area (TPSA) is 58.1 Å². The number of aromatic nitrogens is 2. The van der Waals surface area contributed by atoms with Crippen LogP contribution in [-0.4, -0.2) is 35.0 Å². The Balaban J connectivity index is 1.30. The van der Waals surface area contributed by atoms with E-state index in [0.717, 1.165) is 61.6 Å². The van der Waals surface area contributed by atoms with Gasteiger partial charge in [0.2, 0.25) is 5.91 Å². The Labute approximate surface area is 158 Å². The molecule has 6 heteroatoms. The predicted octanol–water partition coefficient (Wildman–Crippen LogP) is 3.65. The standard InChI is InChI=1S/C20H24N4OS/c25-19(15-5-2-1-3-6-15)22-17-8-11-24(12-9-17)20-23-18(14-26-20)16-7-4-10-21-13-16/h1-2,4,7,10,13-15,17H,3,5-6,8-9,11-12H2,(H,22,25)/t15-/m1/s1. The summed E-state index contributed by atoms with van der Waals surface area (Å²) in [6.45, 7) is 1.88. The molecule has 0 spiro atoms. The average molecular weight is 369 g/mol. The van der Waals surface area contributed by atoms with Crippen LogP contribution < -0.4 is 10.2 Å². The number of piperidine rings is 1. The molecular weight excluding hydrogens is 344 g/mol. The highest BCUT2D eigenvalue weighted by Crippen LogP contribution is 2.29. The first kappa shape index (κ1) is 17.2. The van der Waals surface area contributed by atoms with E-state index in [4.69, 9.17) is 4.98 Å². The van der Waals surface area contributed by atoms with E-state index in [1.165, 1.54) is 0 Å². The molecule has 136 valence electrons.